The first-order valence-corrected chi connectivity index (χ1v) is 13.5. The second-order valence-electron chi connectivity index (χ2n) is 9.50. The monoisotopic (exact) mass is 586 g/mol. The second-order valence-corrected chi connectivity index (χ2v) is 9.88. The molecule has 0 radical (unpaired) electrons. The van der Waals surface area contributed by atoms with Crippen molar-refractivity contribution in [2.75, 3.05) is 45.2 Å². The van der Waals surface area contributed by atoms with Crippen molar-refractivity contribution in [3.8, 4) is 11.3 Å². The largest absolute Gasteiger partial charge is 0.445 e. The van der Waals surface area contributed by atoms with Crippen molar-refractivity contribution >= 4 is 35.9 Å². The van der Waals surface area contributed by atoms with Gasteiger partial charge in [-0.25, -0.2) is 14.0 Å². The smallest absolute Gasteiger partial charge is 0.414 e. The molecule has 11 nitrogen and oxygen atoms in total. The van der Waals surface area contributed by atoms with Gasteiger partial charge in [0.05, 0.1) is 5.02 Å². The normalized spacial score (nSPS) is 15.0. The summed E-state index contributed by atoms with van der Waals surface area (Å²) in [6, 6.07) is 14.7. The average Bonchev–Trinajstić information content (AvgIpc) is 3.47. The molecule has 3 amide bonds. The zero-order valence-electron chi connectivity index (χ0n) is 22.6. The van der Waals surface area contributed by atoms with Crippen LogP contribution in [-0.2, 0) is 16.1 Å². The molecule has 3 N–H and O–H groups in total. The predicted octanol–water partition coefficient (Wildman–Crippen LogP) is 4.10. The first-order valence-electron chi connectivity index (χ1n) is 13.1. The number of hydrogen-bond donors (Lipinski definition) is 3. The summed E-state index contributed by atoms with van der Waals surface area (Å²) in [5, 5.41) is 12.5. The van der Waals surface area contributed by atoms with E-state index in [2.05, 4.69) is 21.1 Å². The zero-order valence-corrected chi connectivity index (χ0v) is 23.3. The summed E-state index contributed by atoms with van der Waals surface area (Å²) in [6.07, 6.45) is 0.265. The molecule has 0 unspecified atom stereocenters. The van der Waals surface area contributed by atoms with Crippen molar-refractivity contribution in [1.29, 1.82) is 0 Å². The maximum Gasteiger partial charge on any atom is 0.414 e. The minimum absolute atomic E-state index is 0.0261. The second kappa shape index (κ2) is 14.1. The van der Waals surface area contributed by atoms with E-state index in [0.717, 1.165) is 11.8 Å². The molecule has 0 aliphatic carbocycles. The number of halogens is 2. The Morgan fingerprint density at radius 2 is 1.98 bits per heavy atom. The van der Waals surface area contributed by atoms with Crippen LogP contribution in [0.1, 0.15) is 18.4 Å². The molecule has 41 heavy (non-hydrogen) atoms. The summed E-state index contributed by atoms with van der Waals surface area (Å²) in [5.74, 6) is -0.498. The van der Waals surface area contributed by atoms with E-state index in [9.17, 15) is 18.8 Å². The summed E-state index contributed by atoms with van der Waals surface area (Å²) in [5.41, 5.74) is 0.604. The van der Waals surface area contributed by atoms with Gasteiger partial charge in [-0.05, 0) is 18.1 Å². The van der Waals surface area contributed by atoms with Crippen LogP contribution in [0.4, 0.5) is 19.9 Å². The van der Waals surface area contributed by atoms with E-state index in [1.54, 1.807) is 19.2 Å². The van der Waals surface area contributed by atoms with E-state index < -0.39 is 23.6 Å². The summed E-state index contributed by atoms with van der Waals surface area (Å²) in [4.78, 5) is 41.1. The van der Waals surface area contributed by atoms with Crippen LogP contribution in [0.15, 0.2) is 59.1 Å². The van der Waals surface area contributed by atoms with Crippen molar-refractivity contribution < 1.29 is 28.0 Å². The van der Waals surface area contributed by atoms with Gasteiger partial charge < -0.3 is 29.6 Å². The molecule has 1 saturated heterocycles. The molecule has 1 aliphatic rings. The molecular formula is C28H32ClFN6O5. The predicted molar refractivity (Wildman–Crippen MR) is 151 cm³/mol. The number of carbonyl (C=O) groups excluding carboxylic acids is 3. The number of ether oxygens (including phenoxy) is 1. The van der Waals surface area contributed by atoms with E-state index >= 15 is 0 Å². The number of nitrogens with zero attached hydrogens (tertiary/aromatic N) is 3. The molecule has 218 valence electrons. The van der Waals surface area contributed by atoms with Gasteiger partial charge in [-0.3, -0.25) is 10.2 Å². The Bertz CT molecular complexity index is 1340. The number of rotatable bonds is 11. The highest BCUT2D eigenvalue weighted by Gasteiger charge is 2.44. The third-order valence-corrected chi connectivity index (χ3v) is 7.42. The Morgan fingerprint density at radius 1 is 1.22 bits per heavy atom. The number of aromatic nitrogens is 1. The van der Waals surface area contributed by atoms with Crippen LogP contribution in [0.5, 0.6) is 0 Å². The summed E-state index contributed by atoms with van der Waals surface area (Å²) in [6.45, 7) is 2.10. The Balaban J connectivity index is 1.49. The molecule has 1 aliphatic heterocycles. The van der Waals surface area contributed by atoms with Gasteiger partial charge in [0.2, 0.25) is 5.88 Å². The van der Waals surface area contributed by atoms with Crippen LogP contribution in [0.2, 0.25) is 5.02 Å². The number of aldehydes is 1. The fourth-order valence-corrected chi connectivity index (χ4v) is 4.92. The summed E-state index contributed by atoms with van der Waals surface area (Å²) < 4.78 is 24.8. The Morgan fingerprint density at radius 3 is 2.71 bits per heavy atom. The number of benzene rings is 2. The summed E-state index contributed by atoms with van der Waals surface area (Å²) >= 11 is 6.05. The fourth-order valence-electron chi connectivity index (χ4n) is 4.73. The fraction of sp³-hybridized carbons (Fsp3) is 0.357. The highest BCUT2D eigenvalue weighted by atomic mass is 35.5. The number of amides is 3. The minimum Gasteiger partial charge on any atom is -0.445 e. The molecule has 1 atom stereocenters. The topological polar surface area (TPSA) is 129 Å². The number of urea groups is 1. The number of carbonyl (C=O) groups is 3. The van der Waals surface area contributed by atoms with Gasteiger partial charge in [0.25, 0.3) is 0 Å². The van der Waals surface area contributed by atoms with Crippen LogP contribution in [-0.4, -0.2) is 78.9 Å². The lowest BCUT2D eigenvalue weighted by Crippen LogP contribution is -2.68. The molecule has 0 spiro atoms. The van der Waals surface area contributed by atoms with Gasteiger partial charge in [0.15, 0.2) is 0 Å². The van der Waals surface area contributed by atoms with Crippen LogP contribution >= 0.6 is 11.6 Å². The minimum atomic E-state index is -1.16. The quantitative estimate of drug-likeness (QED) is 0.286. The Hall–Kier alpha value is -4.00. The first kappa shape index (κ1) is 30.0. The van der Waals surface area contributed by atoms with Crippen LogP contribution in [0, 0.1) is 5.82 Å². The standard InChI is InChI=1S/C28H32ClFN6O5/c1-35(26(38)32-18-21-9-5-10-22(30)25(21)29)28(11-6-16-37,36-14-12-31-13-15-36)19-40-27(39)33-24-17-23(34-41-24)20-7-3-2-4-8-20/h2-5,7-10,16-17,31H,6,11-15,18-19H2,1H3,(H,32,38)(H,33,39)/t28-/m1/s1. The molecule has 0 saturated carbocycles. The third kappa shape index (κ3) is 7.40. The maximum absolute atomic E-state index is 13.9. The van der Waals surface area contributed by atoms with Gasteiger partial charge in [-0.15, -0.1) is 0 Å². The van der Waals surface area contributed by atoms with E-state index in [1.165, 1.54) is 17.0 Å². The van der Waals surface area contributed by atoms with Gasteiger partial charge in [0, 0.05) is 57.8 Å². The van der Waals surface area contributed by atoms with Crippen molar-refractivity contribution in [2.45, 2.75) is 25.0 Å². The van der Waals surface area contributed by atoms with E-state index in [1.807, 2.05) is 35.2 Å². The SMILES string of the molecule is CN(C(=O)NCc1cccc(F)c1Cl)[C@@](CCC=O)(COC(=O)Nc1cc(-c2ccccc2)no1)N1CCNCC1. The number of hydrogen-bond acceptors (Lipinski definition) is 8. The molecule has 4 rings (SSSR count). The molecule has 3 aromatic rings. The molecule has 1 fully saturated rings. The van der Waals surface area contributed by atoms with Crippen molar-refractivity contribution in [3.63, 3.8) is 0 Å². The van der Waals surface area contributed by atoms with E-state index in [0.29, 0.717) is 37.4 Å². The third-order valence-electron chi connectivity index (χ3n) is 7.00. The van der Waals surface area contributed by atoms with Crippen molar-refractivity contribution in [2.24, 2.45) is 0 Å². The molecular weight excluding hydrogens is 555 g/mol. The van der Waals surface area contributed by atoms with E-state index in [-0.39, 0.29) is 36.9 Å². The zero-order chi connectivity index (χ0) is 29.2. The molecule has 0 bridgehead atoms. The first-order chi connectivity index (χ1) is 19.8. The van der Waals surface area contributed by atoms with Gasteiger partial charge in [-0.1, -0.05) is 59.2 Å². The number of piperazine rings is 1. The summed E-state index contributed by atoms with van der Waals surface area (Å²) in [7, 11) is 1.57. The van der Waals surface area contributed by atoms with E-state index in [4.69, 9.17) is 20.9 Å². The molecule has 2 aromatic carbocycles. The molecule has 1 aromatic heterocycles. The Labute approximate surface area is 241 Å². The molecule has 2 heterocycles. The van der Waals surface area contributed by atoms with Crippen LogP contribution in [0.3, 0.4) is 0 Å². The Kier molecular flexibility index (Phi) is 10.3. The number of likely N-dealkylation sites (N-methyl/N-ethyl adjacent to an activating group) is 1. The lowest BCUT2D eigenvalue weighted by atomic mass is 9.99. The molecule has 13 heteroatoms. The number of nitrogens with one attached hydrogen (secondary N) is 3. The van der Waals surface area contributed by atoms with Gasteiger partial charge in [-0.2, -0.15) is 0 Å². The lowest BCUT2D eigenvalue weighted by Gasteiger charge is -2.50. The van der Waals surface area contributed by atoms with Gasteiger partial charge in [0.1, 0.15) is 30.1 Å². The van der Waals surface area contributed by atoms with Crippen molar-refractivity contribution in [1.82, 2.24) is 25.6 Å². The number of anilines is 1. The highest BCUT2D eigenvalue weighted by Crippen LogP contribution is 2.28. The van der Waals surface area contributed by atoms with Crippen LogP contribution < -0.4 is 16.0 Å². The van der Waals surface area contributed by atoms with Crippen molar-refractivity contribution in [3.05, 3.63) is 71.0 Å². The maximum atomic E-state index is 13.9. The van der Waals surface area contributed by atoms with Gasteiger partial charge >= 0.3 is 12.1 Å². The average molecular weight is 587 g/mol. The highest BCUT2D eigenvalue weighted by molar-refractivity contribution is 6.31. The lowest BCUT2D eigenvalue weighted by molar-refractivity contribution is -0.111. The van der Waals surface area contributed by atoms with Crippen LogP contribution in [0.25, 0.3) is 11.3 Å².